The van der Waals surface area contributed by atoms with Crippen LogP contribution in [0.25, 0.3) is 10.9 Å². The van der Waals surface area contributed by atoms with Gasteiger partial charge in [0.05, 0.1) is 11.3 Å². The zero-order valence-electron chi connectivity index (χ0n) is 12.5. The fourth-order valence-electron chi connectivity index (χ4n) is 2.45. The van der Waals surface area contributed by atoms with Crippen molar-refractivity contribution in [2.45, 2.75) is 13.5 Å². The number of hydrogen-bond acceptors (Lipinski definition) is 2. The Kier molecular flexibility index (Phi) is 3.59. The Morgan fingerprint density at radius 3 is 2.55 bits per heavy atom. The van der Waals surface area contributed by atoms with Crippen LogP contribution in [0.3, 0.4) is 0 Å². The lowest BCUT2D eigenvalue weighted by molar-refractivity contribution is 0.0697. The molecule has 1 N–H and O–H groups in total. The molecule has 0 fully saturated rings. The molecule has 3 aromatic rings. The lowest BCUT2D eigenvalue weighted by Gasteiger charge is -2.08. The van der Waals surface area contributed by atoms with Crippen molar-refractivity contribution >= 4 is 16.9 Å². The molecule has 0 unspecified atom stereocenters. The highest BCUT2D eigenvalue weighted by molar-refractivity contribution is 5.93. The molecule has 0 atom stereocenters. The standard InChI is InChI=1S/C18H17NO3/c1-12-3-7-16(8-4-12)22-11-15-9-13-5-6-14(18(20)21)10-17(13)19(15)2/h3-10H,11H2,1-2H3,(H,20,21). The number of carboxylic acids is 1. The Hall–Kier alpha value is -2.75. The molecule has 3 rings (SSSR count). The largest absolute Gasteiger partial charge is 0.487 e. The summed E-state index contributed by atoms with van der Waals surface area (Å²) >= 11 is 0. The summed E-state index contributed by atoms with van der Waals surface area (Å²) in [6.07, 6.45) is 0. The number of aromatic carboxylic acids is 1. The van der Waals surface area contributed by atoms with E-state index in [-0.39, 0.29) is 0 Å². The SMILES string of the molecule is Cc1ccc(OCc2cc3ccc(C(=O)O)cc3n2C)cc1. The van der Waals surface area contributed by atoms with Crippen molar-refractivity contribution in [3.8, 4) is 5.75 Å². The van der Waals surface area contributed by atoms with Crippen LogP contribution in [0.1, 0.15) is 21.6 Å². The number of carbonyl (C=O) groups is 1. The van der Waals surface area contributed by atoms with E-state index < -0.39 is 5.97 Å². The number of aromatic nitrogens is 1. The fourth-order valence-corrected chi connectivity index (χ4v) is 2.45. The molecule has 0 saturated carbocycles. The first-order chi connectivity index (χ1) is 10.5. The Morgan fingerprint density at radius 1 is 1.14 bits per heavy atom. The molecule has 112 valence electrons. The van der Waals surface area contributed by atoms with E-state index in [1.54, 1.807) is 12.1 Å². The predicted molar refractivity (Wildman–Crippen MR) is 85.4 cm³/mol. The second kappa shape index (κ2) is 5.56. The summed E-state index contributed by atoms with van der Waals surface area (Å²) in [4.78, 5) is 11.1. The van der Waals surface area contributed by atoms with Gasteiger partial charge in [0, 0.05) is 18.0 Å². The van der Waals surface area contributed by atoms with Crippen LogP contribution in [0.15, 0.2) is 48.5 Å². The van der Waals surface area contributed by atoms with Crippen LogP contribution in [0, 0.1) is 6.92 Å². The van der Waals surface area contributed by atoms with E-state index in [0.29, 0.717) is 12.2 Å². The first-order valence-electron chi connectivity index (χ1n) is 7.06. The number of ether oxygens (including phenoxy) is 1. The third kappa shape index (κ3) is 2.68. The zero-order valence-corrected chi connectivity index (χ0v) is 12.5. The van der Waals surface area contributed by atoms with Gasteiger partial charge in [0.2, 0.25) is 0 Å². The average molecular weight is 295 g/mol. The van der Waals surface area contributed by atoms with Crippen molar-refractivity contribution in [3.63, 3.8) is 0 Å². The van der Waals surface area contributed by atoms with E-state index in [9.17, 15) is 4.79 Å². The number of fused-ring (bicyclic) bond motifs is 1. The fraction of sp³-hybridized carbons (Fsp3) is 0.167. The molecule has 0 bridgehead atoms. The number of benzene rings is 2. The highest BCUT2D eigenvalue weighted by atomic mass is 16.5. The molecule has 1 aromatic heterocycles. The van der Waals surface area contributed by atoms with Crippen molar-refractivity contribution in [1.82, 2.24) is 4.57 Å². The van der Waals surface area contributed by atoms with E-state index in [1.165, 1.54) is 5.56 Å². The minimum atomic E-state index is -0.916. The van der Waals surface area contributed by atoms with Crippen molar-refractivity contribution in [2.75, 3.05) is 0 Å². The van der Waals surface area contributed by atoms with Crippen LogP contribution in [0.4, 0.5) is 0 Å². The molecule has 4 nitrogen and oxygen atoms in total. The lowest BCUT2D eigenvalue weighted by atomic mass is 10.1. The third-order valence-corrected chi connectivity index (χ3v) is 3.80. The van der Waals surface area contributed by atoms with Gasteiger partial charge < -0.3 is 14.4 Å². The summed E-state index contributed by atoms with van der Waals surface area (Å²) in [6.45, 7) is 2.48. The normalized spacial score (nSPS) is 10.8. The molecule has 1 heterocycles. The minimum absolute atomic E-state index is 0.291. The molecule has 0 aliphatic heterocycles. The van der Waals surface area contributed by atoms with Crippen molar-refractivity contribution in [3.05, 3.63) is 65.4 Å². The van der Waals surface area contributed by atoms with E-state index in [0.717, 1.165) is 22.3 Å². The van der Waals surface area contributed by atoms with Crippen LogP contribution in [0.2, 0.25) is 0 Å². The van der Waals surface area contributed by atoms with E-state index in [4.69, 9.17) is 9.84 Å². The molecule has 4 heteroatoms. The maximum Gasteiger partial charge on any atom is 0.335 e. The van der Waals surface area contributed by atoms with Crippen LogP contribution in [-0.4, -0.2) is 15.6 Å². The quantitative estimate of drug-likeness (QED) is 0.797. The van der Waals surface area contributed by atoms with E-state index in [2.05, 4.69) is 0 Å². The van der Waals surface area contributed by atoms with Gasteiger partial charge in [0.25, 0.3) is 0 Å². The summed E-state index contributed by atoms with van der Waals surface area (Å²) in [7, 11) is 1.92. The maximum absolute atomic E-state index is 11.1. The zero-order chi connectivity index (χ0) is 15.7. The smallest absolute Gasteiger partial charge is 0.335 e. The Morgan fingerprint density at radius 2 is 1.86 bits per heavy atom. The van der Waals surface area contributed by atoms with Gasteiger partial charge in [-0.1, -0.05) is 23.8 Å². The predicted octanol–water partition coefficient (Wildman–Crippen LogP) is 3.76. The van der Waals surface area contributed by atoms with Gasteiger partial charge in [-0.15, -0.1) is 0 Å². The maximum atomic E-state index is 11.1. The second-order valence-electron chi connectivity index (χ2n) is 5.38. The molecule has 0 amide bonds. The molecule has 0 saturated heterocycles. The molecule has 0 spiro atoms. The molecule has 0 aliphatic rings. The van der Waals surface area contributed by atoms with Gasteiger partial charge in [0.1, 0.15) is 12.4 Å². The topological polar surface area (TPSA) is 51.5 Å². The van der Waals surface area contributed by atoms with Gasteiger partial charge in [-0.3, -0.25) is 0 Å². The van der Waals surface area contributed by atoms with Gasteiger partial charge in [-0.05, 0) is 37.3 Å². The van der Waals surface area contributed by atoms with Crippen LogP contribution in [0.5, 0.6) is 5.75 Å². The number of aryl methyl sites for hydroxylation is 2. The molecular weight excluding hydrogens is 278 g/mol. The van der Waals surface area contributed by atoms with Gasteiger partial charge in [0.15, 0.2) is 0 Å². The molecule has 0 radical (unpaired) electrons. The highest BCUT2D eigenvalue weighted by Gasteiger charge is 2.10. The van der Waals surface area contributed by atoms with Crippen molar-refractivity contribution in [2.24, 2.45) is 7.05 Å². The molecule has 2 aromatic carbocycles. The van der Waals surface area contributed by atoms with Crippen LogP contribution >= 0.6 is 0 Å². The average Bonchev–Trinajstić information content (AvgIpc) is 2.83. The van der Waals surface area contributed by atoms with Gasteiger partial charge in [-0.2, -0.15) is 0 Å². The van der Waals surface area contributed by atoms with Gasteiger partial charge >= 0.3 is 5.97 Å². The number of nitrogens with zero attached hydrogens (tertiary/aromatic N) is 1. The number of carboxylic acid groups (broad SMARTS) is 1. The van der Waals surface area contributed by atoms with Crippen LogP contribution < -0.4 is 4.74 Å². The summed E-state index contributed by atoms with van der Waals surface area (Å²) in [5, 5.41) is 10.1. The third-order valence-electron chi connectivity index (χ3n) is 3.80. The first kappa shape index (κ1) is 14.2. The Labute approximate surface area is 128 Å². The minimum Gasteiger partial charge on any atom is -0.487 e. The number of rotatable bonds is 4. The van der Waals surface area contributed by atoms with Crippen molar-refractivity contribution in [1.29, 1.82) is 0 Å². The van der Waals surface area contributed by atoms with E-state index in [1.807, 2.05) is 54.9 Å². The van der Waals surface area contributed by atoms with Gasteiger partial charge in [-0.25, -0.2) is 4.79 Å². The van der Waals surface area contributed by atoms with E-state index >= 15 is 0 Å². The Bertz CT molecular complexity index is 831. The van der Waals surface area contributed by atoms with Crippen LogP contribution in [-0.2, 0) is 13.7 Å². The molecule has 0 aliphatic carbocycles. The Balaban J connectivity index is 1.86. The highest BCUT2D eigenvalue weighted by Crippen LogP contribution is 2.22. The summed E-state index contributed by atoms with van der Waals surface area (Å²) in [5.41, 5.74) is 3.37. The summed E-state index contributed by atoms with van der Waals surface area (Å²) in [6, 6.07) is 15.1. The second-order valence-corrected chi connectivity index (χ2v) is 5.38. The lowest BCUT2D eigenvalue weighted by Crippen LogP contribution is -2.02. The summed E-state index contributed by atoms with van der Waals surface area (Å²) in [5.74, 6) is -0.0948. The summed E-state index contributed by atoms with van der Waals surface area (Å²) < 4.78 is 7.77. The molecule has 22 heavy (non-hydrogen) atoms. The first-order valence-corrected chi connectivity index (χ1v) is 7.06. The number of hydrogen-bond donors (Lipinski definition) is 1. The monoisotopic (exact) mass is 295 g/mol. The molecular formula is C18H17NO3. The van der Waals surface area contributed by atoms with Crippen molar-refractivity contribution < 1.29 is 14.6 Å².